The van der Waals surface area contributed by atoms with Gasteiger partial charge in [0.05, 0.1) is 5.83 Å². The van der Waals surface area contributed by atoms with Gasteiger partial charge < -0.3 is 9.84 Å². The Balaban J connectivity index is 3.16. The second-order valence-electron chi connectivity index (χ2n) is 6.88. The lowest BCUT2D eigenvalue weighted by atomic mass is 10.1. The minimum Gasteiger partial charge on any atom is -0.404 e. The first-order valence-electron chi connectivity index (χ1n) is 9.74. The second kappa shape index (κ2) is 12.7. The van der Waals surface area contributed by atoms with E-state index in [0.717, 1.165) is 25.1 Å². The Hall–Kier alpha value is -2.24. The number of unbranched alkanes of at least 4 members (excludes halogenated alkanes) is 3. The van der Waals surface area contributed by atoms with Crippen molar-refractivity contribution in [1.82, 2.24) is 4.72 Å². The van der Waals surface area contributed by atoms with Crippen molar-refractivity contribution in [3.8, 4) is 5.75 Å². The number of hydrogen-bond acceptors (Lipinski definition) is 4. The van der Waals surface area contributed by atoms with E-state index in [-0.39, 0.29) is 24.3 Å². The lowest BCUT2D eigenvalue weighted by molar-refractivity contribution is -0.275. The quantitative estimate of drug-likeness (QED) is 0.232. The van der Waals surface area contributed by atoms with Gasteiger partial charge in [-0.2, -0.15) is 0 Å². The molecule has 0 fully saturated rings. The summed E-state index contributed by atoms with van der Waals surface area (Å²) in [5.74, 6) is -2.60. The SMILES string of the molecule is C\C(F)=C/C(F)=C\C=C(/C)c1ccc(S(=O)(=O)NCCCCCCO)c(OC(F)(F)F)c1. The highest BCUT2D eigenvalue weighted by atomic mass is 32.2. The van der Waals surface area contributed by atoms with Gasteiger partial charge in [-0.1, -0.05) is 25.0 Å². The van der Waals surface area contributed by atoms with E-state index in [0.29, 0.717) is 31.8 Å². The van der Waals surface area contributed by atoms with Crippen LogP contribution in [0.4, 0.5) is 22.0 Å². The molecule has 180 valence electrons. The van der Waals surface area contributed by atoms with Gasteiger partial charge >= 0.3 is 6.36 Å². The van der Waals surface area contributed by atoms with E-state index in [2.05, 4.69) is 9.46 Å². The van der Waals surface area contributed by atoms with Gasteiger partial charge in [-0.15, -0.1) is 13.2 Å². The lowest BCUT2D eigenvalue weighted by Gasteiger charge is -2.15. The first-order valence-corrected chi connectivity index (χ1v) is 11.2. The molecule has 5 nitrogen and oxygen atoms in total. The number of aliphatic hydroxyl groups excluding tert-OH is 1. The summed E-state index contributed by atoms with van der Waals surface area (Å²) in [5.41, 5.74) is 0.440. The summed E-state index contributed by atoms with van der Waals surface area (Å²) in [6.07, 6.45) is -0.0259. The van der Waals surface area contributed by atoms with Crippen LogP contribution in [0.2, 0.25) is 0 Å². The van der Waals surface area contributed by atoms with Crippen LogP contribution in [0.15, 0.2) is 53.0 Å². The van der Waals surface area contributed by atoms with Crippen LogP contribution >= 0.6 is 0 Å². The van der Waals surface area contributed by atoms with Crippen LogP contribution in [0.3, 0.4) is 0 Å². The monoisotopic (exact) mass is 483 g/mol. The highest BCUT2D eigenvalue weighted by molar-refractivity contribution is 7.89. The fraction of sp³-hybridized carbons (Fsp3) is 0.429. The Morgan fingerprint density at radius 3 is 2.34 bits per heavy atom. The highest BCUT2D eigenvalue weighted by Crippen LogP contribution is 2.32. The van der Waals surface area contributed by atoms with Crippen molar-refractivity contribution in [3.63, 3.8) is 0 Å². The number of nitrogens with one attached hydrogen (secondary N) is 1. The molecule has 0 bridgehead atoms. The molecule has 2 N–H and O–H groups in total. The standard InChI is InChI=1S/C21H26F5NO4S/c1-15(7-9-18(23)13-16(2)22)17-8-10-20(19(14-17)31-21(24,25)26)32(29,30)27-11-5-3-4-6-12-28/h7-10,13-14,27-28H,3-6,11-12H2,1-2H3/b15-7+,16-13+,18-9+. The van der Waals surface area contributed by atoms with E-state index < -0.39 is 38.7 Å². The molecule has 0 atom stereocenters. The number of aliphatic hydroxyl groups is 1. The lowest BCUT2D eigenvalue weighted by Crippen LogP contribution is -2.27. The van der Waals surface area contributed by atoms with Gasteiger partial charge in [-0.25, -0.2) is 21.9 Å². The van der Waals surface area contributed by atoms with E-state index in [9.17, 15) is 30.4 Å². The molecule has 1 aromatic rings. The summed E-state index contributed by atoms with van der Waals surface area (Å²) >= 11 is 0. The normalized spacial score (nSPS) is 14.1. The molecule has 0 radical (unpaired) electrons. The molecule has 0 aliphatic carbocycles. The van der Waals surface area contributed by atoms with Crippen LogP contribution in [-0.2, 0) is 10.0 Å². The van der Waals surface area contributed by atoms with E-state index >= 15 is 0 Å². The molecule has 0 spiro atoms. The van der Waals surface area contributed by atoms with Crippen LogP contribution in [0.1, 0.15) is 45.1 Å². The molecule has 1 aromatic carbocycles. The number of ether oxygens (including phenoxy) is 1. The Labute approximate surface area is 184 Å². The molecule has 32 heavy (non-hydrogen) atoms. The van der Waals surface area contributed by atoms with Gasteiger partial charge in [-0.3, -0.25) is 0 Å². The van der Waals surface area contributed by atoms with Crippen molar-refractivity contribution >= 4 is 15.6 Å². The largest absolute Gasteiger partial charge is 0.573 e. The number of rotatable bonds is 12. The highest BCUT2D eigenvalue weighted by Gasteiger charge is 2.34. The number of allylic oxidation sites excluding steroid dienone is 6. The number of alkyl halides is 3. The summed E-state index contributed by atoms with van der Waals surface area (Å²) in [6, 6.07) is 3.11. The van der Waals surface area contributed by atoms with Crippen molar-refractivity contribution in [1.29, 1.82) is 0 Å². The molecule has 11 heteroatoms. The maximum absolute atomic E-state index is 13.5. The van der Waals surface area contributed by atoms with Crippen LogP contribution in [-0.4, -0.2) is 33.0 Å². The van der Waals surface area contributed by atoms with Crippen LogP contribution in [0, 0.1) is 0 Å². The van der Waals surface area contributed by atoms with Gasteiger partial charge in [0.25, 0.3) is 0 Å². The Morgan fingerprint density at radius 2 is 1.75 bits per heavy atom. The summed E-state index contributed by atoms with van der Waals surface area (Å²) in [6.45, 7) is 2.54. The second-order valence-corrected chi connectivity index (χ2v) is 8.61. The van der Waals surface area contributed by atoms with E-state index in [1.807, 2.05) is 0 Å². The molecule has 1 rings (SSSR count). The first-order chi connectivity index (χ1) is 14.9. The molecule has 0 aliphatic heterocycles. The maximum Gasteiger partial charge on any atom is 0.573 e. The Bertz CT molecular complexity index is 949. The molecule has 0 heterocycles. The van der Waals surface area contributed by atoms with E-state index in [4.69, 9.17) is 5.11 Å². The molecule has 0 aliphatic rings. The fourth-order valence-electron chi connectivity index (χ4n) is 2.59. The third-order valence-electron chi connectivity index (χ3n) is 4.12. The Morgan fingerprint density at radius 1 is 1.09 bits per heavy atom. The maximum atomic E-state index is 13.5. The summed E-state index contributed by atoms with van der Waals surface area (Å²) < 4.78 is 96.0. The zero-order valence-corrected chi connectivity index (χ0v) is 18.5. The average molecular weight is 483 g/mol. The van der Waals surface area contributed by atoms with Crippen LogP contribution in [0.5, 0.6) is 5.75 Å². The number of hydrogen-bond donors (Lipinski definition) is 2. The van der Waals surface area contributed by atoms with Gasteiger partial charge in [0.1, 0.15) is 16.5 Å². The predicted octanol–water partition coefficient (Wildman–Crippen LogP) is 5.55. The molecule has 0 amide bonds. The third kappa shape index (κ3) is 10.4. The molecule has 0 unspecified atom stereocenters. The average Bonchev–Trinajstić information content (AvgIpc) is 2.66. The Kier molecular flexibility index (Phi) is 11.0. The first kappa shape index (κ1) is 27.8. The topological polar surface area (TPSA) is 75.6 Å². The molecule has 0 saturated heterocycles. The van der Waals surface area contributed by atoms with Crippen molar-refractivity contribution in [3.05, 3.63) is 53.6 Å². The minimum absolute atomic E-state index is 0.00544. The van der Waals surface area contributed by atoms with Crippen LogP contribution < -0.4 is 9.46 Å². The summed E-state index contributed by atoms with van der Waals surface area (Å²) in [4.78, 5) is -0.695. The fourth-order valence-corrected chi connectivity index (χ4v) is 3.77. The van der Waals surface area contributed by atoms with E-state index in [1.165, 1.54) is 19.1 Å². The molecular weight excluding hydrogens is 457 g/mol. The summed E-state index contributed by atoms with van der Waals surface area (Å²) in [5, 5.41) is 8.72. The van der Waals surface area contributed by atoms with Crippen molar-refractivity contribution < 1.29 is 40.2 Å². The minimum atomic E-state index is -5.14. The third-order valence-corrected chi connectivity index (χ3v) is 5.62. The molecule has 0 aromatic heterocycles. The zero-order chi connectivity index (χ0) is 24.4. The number of halogens is 5. The van der Waals surface area contributed by atoms with Crippen molar-refractivity contribution in [2.45, 2.75) is 50.8 Å². The summed E-state index contributed by atoms with van der Waals surface area (Å²) in [7, 11) is -4.30. The number of sulfonamides is 1. The van der Waals surface area contributed by atoms with Crippen molar-refractivity contribution in [2.24, 2.45) is 0 Å². The van der Waals surface area contributed by atoms with Gasteiger partial charge in [-0.05, 0) is 56.0 Å². The van der Waals surface area contributed by atoms with Crippen molar-refractivity contribution in [2.75, 3.05) is 13.2 Å². The number of benzene rings is 1. The zero-order valence-electron chi connectivity index (χ0n) is 17.7. The molecule has 0 saturated carbocycles. The predicted molar refractivity (Wildman–Crippen MR) is 112 cm³/mol. The van der Waals surface area contributed by atoms with Crippen LogP contribution in [0.25, 0.3) is 5.57 Å². The van der Waals surface area contributed by atoms with Gasteiger partial charge in [0, 0.05) is 19.2 Å². The smallest absolute Gasteiger partial charge is 0.404 e. The van der Waals surface area contributed by atoms with Gasteiger partial charge in [0.2, 0.25) is 10.0 Å². The van der Waals surface area contributed by atoms with E-state index in [1.54, 1.807) is 0 Å². The molecular formula is C21H26F5NO4S. The van der Waals surface area contributed by atoms with Gasteiger partial charge in [0.15, 0.2) is 0 Å².